The second kappa shape index (κ2) is 6.20. The molecule has 0 unspecified atom stereocenters. The third kappa shape index (κ3) is 3.99. The lowest BCUT2D eigenvalue weighted by atomic mass is 10.1. The number of carbonyl (C=O) groups excluding carboxylic acids is 1. The van der Waals surface area contributed by atoms with E-state index in [1.807, 2.05) is 6.26 Å². The van der Waals surface area contributed by atoms with Crippen LogP contribution < -0.4 is 5.32 Å². The molecule has 1 aromatic rings. The van der Waals surface area contributed by atoms with Crippen LogP contribution in [-0.2, 0) is 5.75 Å². The Balaban J connectivity index is 2.90. The molecule has 1 amide bonds. The Morgan fingerprint density at radius 1 is 1.50 bits per heavy atom. The molecule has 0 bridgehead atoms. The first-order valence-corrected chi connectivity index (χ1v) is 7.00. The number of aliphatic hydroxyl groups is 1. The first-order valence-electron chi connectivity index (χ1n) is 5.60. The molecule has 18 heavy (non-hydrogen) atoms. The van der Waals surface area contributed by atoms with Crippen molar-refractivity contribution in [1.82, 2.24) is 5.32 Å². The smallest absolute Gasteiger partial charge is 0.251 e. The average Bonchev–Trinajstić information content (AvgIpc) is 2.31. The maximum atomic E-state index is 13.4. The zero-order valence-corrected chi connectivity index (χ0v) is 11.6. The summed E-state index contributed by atoms with van der Waals surface area (Å²) in [6, 6.07) is 4.29. The summed E-state index contributed by atoms with van der Waals surface area (Å²) in [6.07, 6.45) is 1.88. The molecule has 1 aromatic carbocycles. The summed E-state index contributed by atoms with van der Waals surface area (Å²) in [5.41, 5.74) is 0.226. The number of rotatable bonds is 5. The van der Waals surface area contributed by atoms with Crippen molar-refractivity contribution in [2.75, 3.05) is 12.9 Å². The van der Waals surface area contributed by atoms with Crippen molar-refractivity contribution < 1.29 is 14.3 Å². The molecule has 0 aromatic heterocycles. The van der Waals surface area contributed by atoms with Crippen molar-refractivity contribution in [3.63, 3.8) is 0 Å². The molecule has 0 aliphatic heterocycles. The molecule has 0 spiro atoms. The van der Waals surface area contributed by atoms with Crippen LogP contribution in [0.2, 0.25) is 0 Å². The lowest BCUT2D eigenvalue weighted by molar-refractivity contribution is 0.0869. The number of hydrogen-bond acceptors (Lipinski definition) is 3. The van der Waals surface area contributed by atoms with E-state index in [0.717, 1.165) is 0 Å². The molecular weight excluding hydrogens is 253 g/mol. The minimum atomic E-state index is -0.689. The van der Waals surface area contributed by atoms with E-state index >= 15 is 0 Å². The van der Waals surface area contributed by atoms with Gasteiger partial charge in [0.05, 0.1) is 12.1 Å². The monoisotopic (exact) mass is 271 g/mol. The van der Waals surface area contributed by atoms with Gasteiger partial charge < -0.3 is 10.4 Å². The molecule has 0 fully saturated rings. The SMILES string of the molecule is CSCc1cc(C(=O)NC(C)(C)CO)ccc1F. The molecule has 0 atom stereocenters. The van der Waals surface area contributed by atoms with E-state index in [0.29, 0.717) is 16.9 Å². The molecule has 0 saturated heterocycles. The third-order valence-electron chi connectivity index (χ3n) is 2.45. The van der Waals surface area contributed by atoms with Gasteiger partial charge in [0.2, 0.25) is 0 Å². The van der Waals surface area contributed by atoms with Crippen LogP contribution in [0.3, 0.4) is 0 Å². The number of hydrogen-bond donors (Lipinski definition) is 2. The summed E-state index contributed by atoms with van der Waals surface area (Å²) >= 11 is 1.50. The highest BCUT2D eigenvalue weighted by Gasteiger charge is 2.20. The summed E-state index contributed by atoms with van der Waals surface area (Å²) in [5, 5.41) is 11.8. The van der Waals surface area contributed by atoms with Gasteiger partial charge in [-0.05, 0) is 43.9 Å². The maximum Gasteiger partial charge on any atom is 0.251 e. The van der Waals surface area contributed by atoms with Gasteiger partial charge in [-0.25, -0.2) is 4.39 Å². The first-order chi connectivity index (χ1) is 8.39. The minimum Gasteiger partial charge on any atom is -0.394 e. The van der Waals surface area contributed by atoms with Crippen LogP contribution in [0.4, 0.5) is 4.39 Å². The number of halogens is 1. The topological polar surface area (TPSA) is 49.3 Å². The van der Waals surface area contributed by atoms with Crippen LogP contribution in [0.25, 0.3) is 0 Å². The van der Waals surface area contributed by atoms with Gasteiger partial charge in [-0.2, -0.15) is 11.8 Å². The van der Waals surface area contributed by atoms with Crippen molar-refractivity contribution in [3.8, 4) is 0 Å². The fraction of sp³-hybridized carbons (Fsp3) is 0.462. The molecule has 5 heteroatoms. The van der Waals surface area contributed by atoms with Gasteiger partial charge in [0.15, 0.2) is 0 Å². The molecule has 1 rings (SSSR count). The number of amides is 1. The highest BCUT2D eigenvalue weighted by Crippen LogP contribution is 2.16. The lowest BCUT2D eigenvalue weighted by Gasteiger charge is -2.23. The van der Waals surface area contributed by atoms with E-state index in [2.05, 4.69) is 5.32 Å². The fourth-order valence-electron chi connectivity index (χ4n) is 1.40. The van der Waals surface area contributed by atoms with Gasteiger partial charge in [-0.1, -0.05) is 0 Å². The van der Waals surface area contributed by atoms with Crippen molar-refractivity contribution in [2.45, 2.75) is 25.1 Å². The van der Waals surface area contributed by atoms with Gasteiger partial charge in [0, 0.05) is 11.3 Å². The van der Waals surface area contributed by atoms with E-state index < -0.39 is 5.54 Å². The normalized spacial score (nSPS) is 11.4. The second-order valence-electron chi connectivity index (χ2n) is 4.74. The molecule has 2 N–H and O–H groups in total. The quantitative estimate of drug-likeness (QED) is 0.863. The molecule has 3 nitrogen and oxygen atoms in total. The Kier molecular flexibility index (Phi) is 5.16. The average molecular weight is 271 g/mol. The molecule has 0 radical (unpaired) electrons. The predicted octanol–water partition coefficient (Wildman–Crippen LogP) is 2.19. The first kappa shape index (κ1) is 15.0. The van der Waals surface area contributed by atoms with Crippen LogP contribution in [0.5, 0.6) is 0 Å². The maximum absolute atomic E-state index is 13.4. The Hall–Kier alpha value is -1.07. The molecular formula is C13H18FNO2S. The van der Waals surface area contributed by atoms with Crippen molar-refractivity contribution in [1.29, 1.82) is 0 Å². The number of thioether (sulfide) groups is 1. The van der Waals surface area contributed by atoms with Crippen LogP contribution in [0, 0.1) is 5.82 Å². The highest BCUT2D eigenvalue weighted by atomic mass is 32.2. The second-order valence-corrected chi connectivity index (χ2v) is 5.60. The van der Waals surface area contributed by atoms with Gasteiger partial charge >= 0.3 is 0 Å². The lowest BCUT2D eigenvalue weighted by Crippen LogP contribution is -2.46. The number of carbonyl (C=O) groups is 1. The standard InChI is InChI=1S/C13H18FNO2S/c1-13(2,8-16)15-12(17)9-4-5-11(14)10(6-9)7-18-3/h4-6,16H,7-8H2,1-3H3,(H,15,17). The summed E-state index contributed by atoms with van der Waals surface area (Å²) < 4.78 is 13.4. The number of benzene rings is 1. The van der Waals surface area contributed by atoms with E-state index in [9.17, 15) is 9.18 Å². The number of nitrogens with one attached hydrogen (secondary N) is 1. The van der Waals surface area contributed by atoms with Crippen LogP contribution >= 0.6 is 11.8 Å². The van der Waals surface area contributed by atoms with E-state index in [1.165, 1.54) is 23.9 Å². The summed E-state index contributed by atoms with van der Waals surface area (Å²) in [5.74, 6) is -0.0881. The Labute approximate surface area is 111 Å². The van der Waals surface area contributed by atoms with Crippen molar-refractivity contribution in [2.24, 2.45) is 0 Å². The molecule has 0 aliphatic carbocycles. The largest absolute Gasteiger partial charge is 0.394 e. The Morgan fingerprint density at radius 2 is 2.17 bits per heavy atom. The molecule has 0 saturated carbocycles. The third-order valence-corrected chi connectivity index (χ3v) is 3.05. The Morgan fingerprint density at radius 3 is 2.72 bits per heavy atom. The van der Waals surface area contributed by atoms with Crippen LogP contribution in [0.1, 0.15) is 29.8 Å². The summed E-state index contributed by atoms with van der Waals surface area (Å²) in [6.45, 7) is 3.28. The van der Waals surface area contributed by atoms with Crippen molar-refractivity contribution >= 4 is 17.7 Å². The van der Waals surface area contributed by atoms with E-state index in [4.69, 9.17) is 5.11 Å². The van der Waals surface area contributed by atoms with Crippen LogP contribution in [0.15, 0.2) is 18.2 Å². The molecule has 0 heterocycles. The van der Waals surface area contributed by atoms with Gasteiger partial charge in [0.25, 0.3) is 5.91 Å². The molecule has 100 valence electrons. The van der Waals surface area contributed by atoms with Crippen LogP contribution in [-0.4, -0.2) is 29.4 Å². The zero-order valence-electron chi connectivity index (χ0n) is 10.8. The number of aliphatic hydroxyl groups excluding tert-OH is 1. The van der Waals surface area contributed by atoms with Gasteiger partial charge in [-0.3, -0.25) is 4.79 Å². The van der Waals surface area contributed by atoms with Crippen molar-refractivity contribution in [3.05, 3.63) is 35.1 Å². The molecule has 0 aliphatic rings. The fourth-order valence-corrected chi connectivity index (χ4v) is 1.93. The predicted molar refractivity (Wildman–Crippen MR) is 72.3 cm³/mol. The highest BCUT2D eigenvalue weighted by molar-refractivity contribution is 7.97. The van der Waals surface area contributed by atoms with E-state index in [1.54, 1.807) is 19.9 Å². The minimum absolute atomic E-state index is 0.155. The van der Waals surface area contributed by atoms with Gasteiger partial charge in [0.1, 0.15) is 5.82 Å². The summed E-state index contributed by atoms with van der Waals surface area (Å²) in [4.78, 5) is 11.9. The van der Waals surface area contributed by atoms with Gasteiger partial charge in [-0.15, -0.1) is 0 Å². The van der Waals surface area contributed by atoms with E-state index in [-0.39, 0.29) is 18.3 Å². The summed E-state index contributed by atoms with van der Waals surface area (Å²) in [7, 11) is 0. The zero-order chi connectivity index (χ0) is 13.8. The Bertz CT molecular complexity index is 435.